The third-order valence-corrected chi connectivity index (χ3v) is 6.04. The molecule has 0 spiro atoms. The van der Waals surface area contributed by atoms with Crippen LogP contribution in [-0.2, 0) is 0 Å². The van der Waals surface area contributed by atoms with E-state index in [2.05, 4.69) is 47.2 Å². The number of hydrogen-bond donors (Lipinski definition) is 1. The zero-order chi connectivity index (χ0) is 19.8. The molecule has 0 saturated carbocycles. The molecule has 5 nitrogen and oxygen atoms in total. The van der Waals surface area contributed by atoms with Crippen LogP contribution in [0.1, 0.15) is 46.0 Å². The van der Waals surface area contributed by atoms with Gasteiger partial charge in [0, 0.05) is 57.2 Å². The van der Waals surface area contributed by atoms with Crippen LogP contribution in [0.25, 0.3) is 0 Å². The molecule has 0 bridgehead atoms. The molecule has 1 aliphatic heterocycles. The van der Waals surface area contributed by atoms with Gasteiger partial charge >= 0.3 is 6.03 Å². The zero-order valence-corrected chi connectivity index (χ0v) is 17.6. The van der Waals surface area contributed by atoms with Gasteiger partial charge in [0.2, 0.25) is 0 Å². The smallest absolute Gasteiger partial charge is 0.321 e. The lowest BCUT2D eigenvalue weighted by molar-refractivity contribution is 0.148. The Morgan fingerprint density at radius 2 is 1.75 bits per heavy atom. The zero-order valence-electron chi connectivity index (χ0n) is 17.6. The van der Waals surface area contributed by atoms with Crippen molar-refractivity contribution in [1.82, 2.24) is 9.80 Å². The summed E-state index contributed by atoms with van der Waals surface area (Å²) in [7, 11) is 0. The summed E-state index contributed by atoms with van der Waals surface area (Å²) in [4.78, 5) is 19.3. The van der Waals surface area contributed by atoms with E-state index in [0.717, 1.165) is 51.5 Å². The van der Waals surface area contributed by atoms with Gasteiger partial charge in [-0.25, -0.2) is 4.79 Å². The highest BCUT2D eigenvalue weighted by Gasteiger charge is 2.21. The highest BCUT2D eigenvalue weighted by atomic mass is 16.2. The third kappa shape index (κ3) is 5.74. The van der Waals surface area contributed by atoms with Crippen molar-refractivity contribution in [2.75, 3.05) is 56.0 Å². The summed E-state index contributed by atoms with van der Waals surface area (Å²) in [6.07, 6.45) is 8.91. The molecule has 154 valence electrons. The van der Waals surface area contributed by atoms with E-state index in [1.165, 1.54) is 37.8 Å². The van der Waals surface area contributed by atoms with E-state index in [4.69, 9.17) is 0 Å². The Morgan fingerprint density at radius 1 is 1.04 bits per heavy atom. The topological polar surface area (TPSA) is 38.8 Å². The number of nitrogens with zero attached hydrogens (tertiary/aromatic N) is 3. The first-order valence-corrected chi connectivity index (χ1v) is 11.0. The number of piperazine rings is 1. The fourth-order valence-electron chi connectivity index (χ4n) is 4.15. The number of anilines is 2. The van der Waals surface area contributed by atoms with Crippen molar-refractivity contribution in [2.45, 2.75) is 46.0 Å². The minimum absolute atomic E-state index is 0.0187. The van der Waals surface area contributed by atoms with E-state index in [0.29, 0.717) is 0 Å². The molecule has 2 amide bonds. The fourth-order valence-corrected chi connectivity index (χ4v) is 4.15. The van der Waals surface area contributed by atoms with Gasteiger partial charge in [-0.05, 0) is 70.2 Å². The van der Waals surface area contributed by atoms with E-state index in [1.54, 1.807) is 5.57 Å². The van der Waals surface area contributed by atoms with Gasteiger partial charge in [0.25, 0.3) is 0 Å². The summed E-state index contributed by atoms with van der Waals surface area (Å²) in [6.45, 7) is 11.0. The molecule has 0 radical (unpaired) electrons. The maximum absolute atomic E-state index is 12.6. The van der Waals surface area contributed by atoms with Crippen LogP contribution in [0.3, 0.4) is 0 Å². The third-order valence-electron chi connectivity index (χ3n) is 6.04. The maximum Gasteiger partial charge on any atom is 0.321 e. The highest BCUT2D eigenvalue weighted by Crippen LogP contribution is 2.21. The summed E-state index contributed by atoms with van der Waals surface area (Å²) in [5, 5.41) is 3.05. The van der Waals surface area contributed by atoms with Crippen LogP contribution in [0.4, 0.5) is 16.2 Å². The van der Waals surface area contributed by atoms with Crippen molar-refractivity contribution in [1.29, 1.82) is 0 Å². The van der Waals surface area contributed by atoms with Crippen LogP contribution in [-0.4, -0.2) is 61.6 Å². The molecule has 1 aromatic carbocycles. The molecule has 1 aromatic rings. The summed E-state index contributed by atoms with van der Waals surface area (Å²) in [5.41, 5.74) is 3.71. The number of rotatable bonds is 7. The van der Waals surface area contributed by atoms with Crippen molar-refractivity contribution in [3.05, 3.63) is 35.9 Å². The molecule has 2 aliphatic rings. The molecule has 0 aromatic heterocycles. The number of hydrogen-bond acceptors (Lipinski definition) is 3. The van der Waals surface area contributed by atoms with Crippen LogP contribution in [0.15, 0.2) is 35.9 Å². The predicted molar refractivity (Wildman–Crippen MR) is 118 cm³/mol. The van der Waals surface area contributed by atoms with Gasteiger partial charge in [0.05, 0.1) is 0 Å². The molecule has 1 aliphatic carbocycles. The fraction of sp³-hybridized carbons (Fsp3) is 0.609. The van der Waals surface area contributed by atoms with Crippen molar-refractivity contribution >= 4 is 17.4 Å². The Kier molecular flexibility index (Phi) is 7.78. The first-order chi connectivity index (χ1) is 13.7. The molecule has 28 heavy (non-hydrogen) atoms. The standard InChI is InChI=1S/C23H36N4O/c1-3-26(4-2)22-12-10-21(11-13-22)24-23(28)27-18-16-25(17-19-27)15-14-20-8-6-5-7-9-20/h8,10-13H,3-7,9,14-19H2,1-2H3,(H,24,28). The molecule has 3 rings (SSSR count). The average Bonchev–Trinajstić information content (AvgIpc) is 2.75. The van der Waals surface area contributed by atoms with Crippen molar-refractivity contribution < 1.29 is 4.79 Å². The van der Waals surface area contributed by atoms with Gasteiger partial charge in [-0.3, -0.25) is 4.90 Å². The van der Waals surface area contributed by atoms with Gasteiger partial charge in [-0.15, -0.1) is 0 Å². The van der Waals surface area contributed by atoms with E-state index < -0.39 is 0 Å². The Hall–Kier alpha value is -2.01. The van der Waals surface area contributed by atoms with Crippen LogP contribution in [0, 0.1) is 0 Å². The maximum atomic E-state index is 12.6. The van der Waals surface area contributed by atoms with E-state index in [-0.39, 0.29) is 6.03 Å². The van der Waals surface area contributed by atoms with E-state index in [1.807, 2.05) is 17.0 Å². The Balaban J connectivity index is 1.41. The van der Waals surface area contributed by atoms with Crippen LogP contribution >= 0.6 is 0 Å². The Labute approximate surface area is 170 Å². The summed E-state index contributed by atoms with van der Waals surface area (Å²) in [5.74, 6) is 0. The number of allylic oxidation sites excluding steroid dienone is 1. The van der Waals surface area contributed by atoms with Gasteiger partial charge in [0.1, 0.15) is 0 Å². The highest BCUT2D eigenvalue weighted by molar-refractivity contribution is 5.89. The largest absolute Gasteiger partial charge is 0.372 e. The lowest BCUT2D eigenvalue weighted by atomic mass is 9.97. The molecule has 1 fully saturated rings. The van der Waals surface area contributed by atoms with Crippen LogP contribution in [0.5, 0.6) is 0 Å². The first-order valence-electron chi connectivity index (χ1n) is 11.0. The lowest BCUT2D eigenvalue weighted by Gasteiger charge is -2.35. The van der Waals surface area contributed by atoms with Crippen LogP contribution in [0.2, 0.25) is 0 Å². The summed E-state index contributed by atoms with van der Waals surface area (Å²) < 4.78 is 0. The molecule has 0 atom stereocenters. The number of urea groups is 1. The minimum Gasteiger partial charge on any atom is -0.372 e. The van der Waals surface area contributed by atoms with Crippen molar-refractivity contribution in [2.24, 2.45) is 0 Å². The lowest BCUT2D eigenvalue weighted by Crippen LogP contribution is -2.50. The van der Waals surface area contributed by atoms with Gasteiger partial charge in [-0.2, -0.15) is 0 Å². The second-order valence-corrected chi connectivity index (χ2v) is 7.84. The normalized spacial score (nSPS) is 17.9. The molecule has 1 heterocycles. The monoisotopic (exact) mass is 384 g/mol. The summed E-state index contributed by atoms with van der Waals surface area (Å²) in [6, 6.07) is 8.19. The number of carbonyl (C=O) groups is 1. The molecular weight excluding hydrogens is 348 g/mol. The van der Waals surface area contributed by atoms with Crippen molar-refractivity contribution in [3.63, 3.8) is 0 Å². The second-order valence-electron chi connectivity index (χ2n) is 7.84. The van der Waals surface area contributed by atoms with Crippen molar-refractivity contribution in [3.8, 4) is 0 Å². The predicted octanol–water partition coefficient (Wildman–Crippen LogP) is 4.57. The van der Waals surface area contributed by atoms with E-state index >= 15 is 0 Å². The molecule has 1 saturated heterocycles. The number of benzene rings is 1. The number of amides is 2. The molecule has 1 N–H and O–H groups in total. The SMILES string of the molecule is CCN(CC)c1ccc(NC(=O)N2CCN(CCC3=CCCCC3)CC2)cc1. The van der Waals surface area contributed by atoms with Gasteiger partial charge in [-0.1, -0.05) is 11.6 Å². The second kappa shape index (κ2) is 10.5. The number of nitrogens with one attached hydrogen (secondary N) is 1. The number of carbonyl (C=O) groups excluding carboxylic acids is 1. The van der Waals surface area contributed by atoms with Crippen LogP contribution < -0.4 is 10.2 Å². The minimum atomic E-state index is 0.0187. The summed E-state index contributed by atoms with van der Waals surface area (Å²) >= 11 is 0. The quantitative estimate of drug-likeness (QED) is 0.700. The molecule has 0 unspecified atom stereocenters. The Bertz CT molecular complexity index is 643. The Morgan fingerprint density at radius 3 is 2.36 bits per heavy atom. The molecule has 5 heteroatoms. The van der Waals surface area contributed by atoms with E-state index in [9.17, 15) is 4.79 Å². The van der Waals surface area contributed by atoms with Gasteiger partial charge < -0.3 is 15.1 Å². The average molecular weight is 385 g/mol. The first kappa shape index (κ1) is 20.7. The molecular formula is C23H36N4O. The van der Waals surface area contributed by atoms with Gasteiger partial charge in [0.15, 0.2) is 0 Å².